The first kappa shape index (κ1) is 14.6. The summed E-state index contributed by atoms with van der Waals surface area (Å²) in [6.07, 6.45) is 1.30. The van der Waals surface area contributed by atoms with Crippen molar-refractivity contribution in [3.8, 4) is 0 Å². The van der Waals surface area contributed by atoms with Crippen molar-refractivity contribution >= 4 is 0 Å². The third-order valence-corrected chi connectivity index (χ3v) is 3.78. The molecule has 0 bridgehead atoms. The molecule has 2 atom stereocenters. The van der Waals surface area contributed by atoms with E-state index in [1.54, 1.807) is 0 Å². The Balaban J connectivity index is 1.87. The average molecular weight is 264 g/mol. The standard InChI is InChI=1S/C16H28N2O/c1-12-8-13(2)18(10-12)11-15-7-6-14(19-15)9-17-16(3,4)5/h6-7,12-13,17H,8-11H2,1-5H3. The quantitative estimate of drug-likeness (QED) is 0.903. The van der Waals surface area contributed by atoms with Gasteiger partial charge in [0.1, 0.15) is 11.5 Å². The second-order valence-corrected chi connectivity index (χ2v) is 7.09. The largest absolute Gasteiger partial charge is 0.463 e. The minimum Gasteiger partial charge on any atom is -0.463 e. The Labute approximate surface area is 117 Å². The Hall–Kier alpha value is -0.800. The lowest BCUT2D eigenvalue weighted by Gasteiger charge is -2.20. The lowest BCUT2D eigenvalue weighted by Crippen LogP contribution is -2.34. The Bertz CT molecular complexity index is 405. The molecule has 0 amide bonds. The zero-order valence-electron chi connectivity index (χ0n) is 13.0. The molecule has 1 fully saturated rings. The molecule has 2 unspecified atom stereocenters. The molecule has 1 saturated heterocycles. The molecule has 3 nitrogen and oxygen atoms in total. The van der Waals surface area contributed by atoms with Gasteiger partial charge in [-0.2, -0.15) is 0 Å². The fourth-order valence-electron chi connectivity index (χ4n) is 2.76. The van der Waals surface area contributed by atoms with Crippen LogP contribution in [-0.4, -0.2) is 23.0 Å². The van der Waals surface area contributed by atoms with Gasteiger partial charge in [0.15, 0.2) is 0 Å². The summed E-state index contributed by atoms with van der Waals surface area (Å²) in [5, 5.41) is 3.45. The number of nitrogens with zero attached hydrogens (tertiary/aromatic N) is 1. The van der Waals surface area contributed by atoms with Gasteiger partial charge in [0.25, 0.3) is 0 Å². The van der Waals surface area contributed by atoms with E-state index in [2.05, 4.69) is 57.0 Å². The summed E-state index contributed by atoms with van der Waals surface area (Å²) in [5.41, 5.74) is 0.131. The highest BCUT2D eigenvalue weighted by Crippen LogP contribution is 2.24. The van der Waals surface area contributed by atoms with Gasteiger partial charge in [-0.1, -0.05) is 6.92 Å². The predicted octanol–water partition coefficient (Wildman–Crippen LogP) is 3.40. The smallest absolute Gasteiger partial charge is 0.118 e. The van der Waals surface area contributed by atoms with Crippen LogP contribution in [0.2, 0.25) is 0 Å². The van der Waals surface area contributed by atoms with Gasteiger partial charge in [-0.3, -0.25) is 4.90 Å². The maximum absolute atomic E-state index is 5.92. The molecule has 19 heavy (non-hydrogen) atoms. The molecule has 1 N–H and O–H groups in total. The van der Waals surface area contributed by atoms with Crippen molar-refractivity contribution in [1.82, 2.24) is 10.2 Å². The molecule has 0 spiro atoms. The van der Waals surface area contributed by atoms with Crippen molar-refractivity contribution in [3.63, 3.8) is 0 Å². The summed E-state index contributed by atoms with van der Waals surface area (Å²) < 4.78 is 5.92. The maximum Gasteiger partial charge on any atom is 0.118 e. The zero-order chi connectivity index (χ0) is 14.0. The van der Waals surface area contributed by atoms with E-state index >= 15 is 0 Å². The van der Waals surface area contributed by atoms with Crippen molar-refractivity contribution in [2.24, 2.45) is 5.92 Å². The van der Waals surface area contributed by atoms with Crippen LogP contribution in [-0.2, 0) is 13.1 Å². The van der Waals surface area contributed by atoms with Crippen LogP contribution < -0.4 is 5.32 Å². The number of hydrogen-bond acceptors (Lipinski definition) is 3. The van der Waals surface area contributed by atoms with Crippen LogP contribution in [0.1, 0.15) is 52.6 Å². The topological polar surface area (TPSA) is 28.4 Å². The third-order valence-electron chi connectivity index (χ3n) is 3.78. The van der Waals surface area contributed by atoms with Gasteiger partial charge < -0.3 is 9.73 Å². The van der Waals surface area contributed by atoms with E-state index in [9.17, 15) is 0 Å². The van der Waals surface area contributed by atoms with Crippen molar-refractivity contribution in [3.05, 3.63) is 23.7 Å². The van der Waals surface area contributed by atoms with Crippen LogP contribution in [0.3, 0.4) is 0 Å². The monoisotopic (exact) mass is 264 g/mol. The molecule has 108 valence electrons. The van der Waals surface area contributed by atoms with Crippen LogP contribution in [0, 0.1) is 5.92 Å². The van der Waals surface area contributed by atoms with Crippen LogP contribution in [0.5, 0.6) is 0 Å². The SMILES string of the molecule is CC1CC(C)N(Cc2ccc(CNC(C)(C)C)o2)C1. The Morgan fingerprint density at radius 2 is 1.95 bits per heavy atom. The lowest BCUT2D eigenvalue weighted by molar-refractivity contribution is 0.231. The second kappa shape index (κ2) is 5.68. The van der Waals surface area contributed by atoms with Crippen LogP contribution >= 0.6 is 0 Å². The van der Waals surface area contributed by atoms with E-state index in [1.807, 2.05) is 0 Å². The van der Waals surface area contributed by atoms with Gasteiger partial charge in [-0.25, -0.2) is 0 Å². The molecule has 3 heteroatoms. The first-order valence-corrected chi connectivity index (χ1v) is 7.40. The van der Waals surface area contributed by atoms with E-state index in [-0.39, 0.29) is 5.54 Å². The van der Waals surface area contributed by atoms with Gasteiger partial charge in [0.2, 0.25) is 0 Å². The summed E-state index contributed by atoms with van der Waals surface area (Å²) >= 11 is 0. The van der Waals surface area contributed by atoms with E-state index in [0.29, 0.717) is 6.04 Å². The molecule has 0 radical (unpaired) electrons. The first-order chi connectivity index (χ1) is 8.83. The number of likely N-dealkylation sites (tertiary alicyclic amines) is 1. The van der Waals surface area contributed by atoms with Crippen LogP contribution in [0.15, 0.2) is 16.5 Å². The van der Waals surface area contributed by atoms with Crippen LogP contribution in [0.25, 0.3) is 0 Å². The van der Waals surface area contributed by atoms with Gasteiger partial charge in [-0.15, -0.1) is 0 Å². The van der Waals surface area contributed by atoms with E-state index in [4.69, 9.17) is 4.42 Å². The number of hydrogen-bond donors (Lipinski definition) is 1. The Morgan fingerprint density at radius 1 is 1.26 bits per heavy atom. The number of nitrogens with one attached hydrogen (secondary N) is 1. The fraction of sp³-hybridized carbons (Fsp3) is 0.750. The lowest BCUT2D eigenvalue weighted by atomic mass is 10.1. The van der Waals surface area contributed by atoms with E-state index in [0.717, 1.165) is 30.5 Å². The third kappa shape index (κ3) is 4.36. The molecule has 0 saturated carbocycles. The van der Waals surface area contributed by atoms with E-state index < -0.39 is 0 Å². The van der Waals surface area contributed by atoms with Gasteiger partial charge >= 0.3 is 0 Å². The summed E-state index contributed by atoms with van der Waals surface area (Å²) in [5.74, 6) is 2.93. The Kier molecular flexibility index (Phi) is 4.36. The molecular weight excluding hydrogens is 236 g/mol. The second-order valence-electron chi connectivity index (χ2n) is 7.09. The summed E-state index contributed by atoms with van der Waals surface area (Å²) in [6, 6.07) is 4.89. The average Bonchev–Trinajstić information content (AvgIpc) is 2.83. The Morgan fingerprint density at radius 3 is 2.53 bits per heavy atom. The van der Waals surface area contributed by atoms with Crippen molar-refractivity contribution in [2.45, 2.75) is 65.7 Å². The molecule has 0 aromatic carbocycles. The molecule has 2 rings (SSSR count). The molecule has 1 aliphatic heterocycles. The highest BCUT2D eigenvalue weighted by atomic mass is 16.3. The molecule has 0 aliphatic carbocycles. The molecule has 1 aliphatic rings. The summed E-state index contributed by atoms with van der Waals surface area (Å²) in [4.78, 5) is 2.52. The molecular formula is C16H28N2O. The predicted molar refractivity (Wildman–Crippen MR) is 79.0 cm³/mol. The van der Waals surface area contributed by atoms with Crippen molar-refractivity contribution < 1.29 is 4.42 Å². The first-order valence-electron chi connectivity index (χ1n) is 7.40. The number of furan rings is 1. The highest BCUT2D eigenvalue weighted by Gasteiger charge is 2.26. The molecule has 2 heterocycles. The normalized spacial score (nSPS) is 25.1. The highest BCUT2D eigenvalue weighted by molar-refractivity contribution is 5.08. The minimum atomic E-state index is 0.131. The van der Waals surface area contributed by atoms with Crippen LogP contribution in [0.4, 0.5) is 0 Å². The van der Waals surface area contributed by atoms with Gasteiger partial charge in [0, 0.05) is 18.1 Å². The van der Waals surface area contributed by atoms with Crippen molar-refractivity contribution in [2.75, 3.05) is 6.54 Å². The van der Waals surface area contributed by atoms with Crippen molar-refractivity contribution in [1.29, 1.82) is 0 Å². The van der Waals surface area contributed by atoms with E-state index in [1.165, 1.54) is 13.0 Å². The summed E-state index contributed by atoms with van der Waals surface area (Å²) in [6.45, 7) is 14.1. The fourth-order valence-corrected chi connectivity index (χ4v) is 2.76. The maximum atomic E-state index is 5.92. The molecule has 1 aromatic rings. The molecule has 1 aromatic heterocycles. The van der Waals surface area contributed by atoms with Gasteiger partial charge in [0.05, 0.1) is 13.1 Å². The van der Waals surface area contributed by atoms with Gasteiger partial charge in [-0.05, 0) is 52.2 Å². The summed E-state index contributed by atoms with van der Waals surface area (Å²) in [7, 11) is 0. The number of rotatable bonds is 4. The zero-order valence-corrected chi connectivity index (χ0v) is 13.0. The minimum absolute atomic E-state index is 0.131.